The van der Waals surface area contributed by atoms with E-state index in [0.717, 1.165) is 12.1 Å². The minimum absolute atomic E-state index is 0.00672. The van der Waals surface area contributed by atoms with Crippen LogP contribution in [0.1, 0.15) is 20.7 Å². The van der Waals surface area contributed by atoms with Gasteiger partial charge >= 0.3 is 22.1 Å². The van der Waals surface area contributed by atoms with E-state index in [1.54, 1.807) is 0 Å². The average molecular weight is 352 g/mol. The summed E-state index contributed by atoms with van der Waals surface area (Å²) in [6.07, 6.45) is 0. The molecule has 0 heterocycles. The van der Waals surface area contributed by atoms with E-state index in [1.165, 1.54) is 37.4 Å². The van der Waals surface area contributed by atoms with Gasteiger partial charge < -0.3 is 19.1 Å². The number of rotatable bonds is 6. The van der Waals surface area contributed by atoms with Gasteiger partial charge in [-0.25, -0.2) is 9.59 Å². The molecule has 0 spiro atoms. The molecule has 24 heavy (non-hydrogen) atoms. The summed E-state index contributed by atoms with van der Waals surface area (Å²) in [6.45, 7) is 0. The lowest BCUT2D eigenvalue weighted by Crippen LogP contribution is -2.11. The highest BCUT2D eigenvalue weighted by atomic mass is 32.2. The maximum Gasteiger partial charge on any atom is 0.339 e. The van der Waals surface area contributed by atoms with E-state index >= 15 is 0 Å². The van der Waals surface area contributed by atoms with E-state index in [1.807, 2.05) is 0 Å². The Morgan fingerprint density at radius 2 is 1.58 bits per heavy atom. The third-order valence-corrected chi connectivity index (χ3v) is 4.24. The molecule has 0 aliphatic carbocycles. The topological polar surface area (TPSA) is 127 Å². The lowest BCUT2D eigenvalue weighted by Gasteiger charge is -2.10. The molecular weight excluding hydrogens is 340 g/mol. The highest BCUT2D eigenvalue weighted by molar-refractivity contribution is 7.87. The van der Waals surface area contributed by atoms with Gasteiger partial charge in [-0.1, -0.05) is 0 Å². The maximum atomic E-state index is 12.2. The molecule has 2 aromatic carbocycles. The molecule has 8 nitrogen and oxygen atoms in total. The van der Waals surface area contributed by atoms with Crippen LogP contribution in [0.4, 0.5) is 0 Å². The van der Waals surface area contributed by atoms with E-state index in [-0.39, 0.29) is 27.5 Å². The molecule has 0 aliphatic rings. The Labute approximate surface area is 137 Å². The Morgan fingerprint density at radius 3 is 2.08 bits per heavy atom. The standard InChI is InChI=1S/C15H12O8S/c1-22-13-7-6-11(8-12(13)15(18)19)24(20,21)23-10-4-2-9(3-5-10)14(16)17/h2-8H,1H3,(H,16,17)(H,18,19). The Balaban J connectivity index is 2.35. The van der Waals surface area contributed by atoms with Crippen LogP contribution in [0, 0.1) is 0 Å². The normalized spacial score (nSPS) is 10.9. The summed E-state index contributed by atoms with van der Waals surface area (Å²) in [5, 5.41) is 17.9. The fourth-order valence-corrected chi connectivity index (χ4v) is 2.80. The maximum absolute atomic E-state index is 12.2. The quantitative estimate of drug-likeness (QED) is 0.754. The summed E-state index contributed by atoms with van der Waals surface area (Å²) in [5.41, 5.74) is -0.360. The molecule has 0 aliphatic heterocycles. The fourth-order valence-electron chi connectivity index (χ4n) is 1.84. The van der Waals surface area contributed by atoms with Crippen molar-refractivity contribution in [1.29, 1.82) is 0 Å². The predicted octanol–water partition coefficient (Wildman–Crippen LogP) is 1.86. The van der Waals surface area contributed by atoms with Gasteiger partial charge in [-0.2, -0.15) is 8.42 Å². The zero-order chi connectivity index (χ0) is 17.9. The van der Waals surface area contributed by atoms with Crippen LogP contribution in [0.25, 0.3) is 0 Å². The van der Waals surface area contributed by atoms with Crippen LogP contribution in [-0.4, -0.2) is 37.7 Å². The van der Waals surface area contributed by atoms with Crippen molar-refractivity contribution in [2.75, 3.05) is 7.11 Å². The van der Waals surface area contributed by atoms with Crippen molar-refractivity contribution in [2.24, 2.45) is 0 Å². The Bertz CT molecular complexity index is 884. The number of hydrogen-bond acceptors (Lipinski definition) is 6. The molecule has 2 N–H and O–H groups in total. The van der Waals surface area contributed by atoms with Crippen LogP contribution in [0.15, 0.2) is 47.4 Å². The number of carbonyl (C=O) groups is 2. The predicted molar refractivity (Wildman–Crippen MR) is 81.2 cm³/mol. The number of methoxy groups -OCH3 is 1. The second kappa shape index (κ2) is 6.59. The van der Waals surface area contributed by atoms with Gasteiger partial charge in [0.1, 0.15) is 22.0 Å². The number of benzene rings is 2. The van der Waals surface area contributed by atoms with Crippen molar-refractivity contribution < 1.29 is 37.1 Å². The molecule has 0 fully saturated rings. The number of carboxylic acid groups (broad SMARTS) is 2. The number of carboxylic acids is 2. The van der Waals surface area contributed by atoms with Gasteiger partial charge in [-0.3, -0.25) is 0 Å². The third kappa shape index (κ3) is 3.63. The summed E-state index contributed by atoms with van der Waals surface area (Å²) < 4.78 is 34.2. The molecule has 0 saturated carbocycles. The second-order valence-corrected chi connectivity index (χ2v) is 6.08. The van der Waals surface area contributed by atoms with Crippen molar-refractivity contribution in [1.82, 2.24) is 0 Å². The summed E-state index contributed by atoms with van der Waals surface area (Å²) >= 11 is 0. The molecule has 9 heteroatoms. The Morgan fingerprint density at radius 1 is 0.958 bits per heavy atom. The molecular formula is C15H12O8S. The molecule has 0 radical (unpaired) electrons. The summed E-state index contributed by atoms with van der Waals surface area (Å²) in [6, 6.07) is 8.00. The van der Waals surface area contributed by atoms with Crippen LogP contribution >= 0.6 is 0 Å². The zero-order valence-electron chi connectivity index (χ0n) is 12.3. The minimum Gasteiger partial charge on any atom is -0.496 e. The van der Waals surface area contributed by atoms with Gasteiger partial charge in [-0.05, 0) is 42.5 Å². The Kier molecular flexibility index (Phi) is 4.74. The lowest BCUT2D eigenvalue weighted by atomic mass is 10.2. The van der Waals surface area contributed by atoms with Crippen molar-refractivity contribution in [3.05, 3.63) is 53.6 Å². The van der Waals surface area contributed by atoms with Gasteiger partial charge in [0, 0.05) is 0 Å². The zero-order valence-corrected chi connectivity index (χ0v) is 13.1. The van der Waals surface area contributed by atoms with E-state index in [9.17, 15) is 18.0 Å². The van der Waals surface area contributed by atoms with Crippen LogP contribution in [-0.2, 0) is 10.1 Å². The lowest BCUT2D eigenvalue weighted by molar-refractivity contribution is 0.0684. The van der Waals surface area contributed by atoms with Gasteiger partial charge in [0.05, 0.1) is 12.7 Å². The van der Waals surface area contributed by atoms with E-state index in [4.69, 9.17) is 19.1 Å². The molecule has 2 aromatic rings. The number of ether oxygens (including phenoxy) is 1. The van der Waals surface area contributed by atoms with Crippen LogP contribution in [0.2, 0.25) is 0 Å². The number of aromatic carboxylic acids is 2. The molecule has 0 aromatic heterocycles. The smallest absolute Gasteiger partial charge is 0.339 e. The van der Waals surface area contributed by atoms with Gasteiger partial charge in [-0.15, -0.1) is 0 Å². The van der Waals surface area contributed by atoms with Gasteiger partial charge in [0.25, 0.3) is 0 Å². The van der Waals surface area contributed by atoms with Crippen molar-refractivity contribution in [2.45, 2.75) is 4.90 Å². The highest BCUT2D eigenvalue weighted by Crippen LogP contribution is 2.25. The van der Waals surface area contributed by atoms with Crippen LogP contribution in [0.5, 0.6) is 11.5 Å². The van der Waals surface area contributed by atoms with Crippen molar-refractivity contribution in [3.63, 3.8) is 0 Å². The SMILES string of the molecule is COc1ccc(S(=O)(=O)Oc2ccc(C(=O)O)cc2)cc1C(=O)O. The average Bonchev–Trinajstić information content (AvgIpc) is 2.54. The minimum atomic E-state index is -4.29. The Hall–Kier alpha value is -3.07. The van der Waals surface area contributed by atoms with E-state index < -0.39 is 22.1 Å². The van der Waals surface area contributed by atoms with Crippen LogP contribution in [0.3, 0.4) is 0 Å². The van der Waals surface area contributed by atoms with Gasteiger partial charge in [0.15, 0.2) is 0 Å². The summed E-state index contributed by atoms with van der Waals surface area (Å²) in [4.78, 5) is 21.5. The van der Waals surface area contributed by atoms with E-state index in [2.05, 4.69) is 0 Å². The first-order chi connectivity index (χ1) is 11.2. The largest absolute Gasteiger partial charge is 0.496 e. The molecule has 2 rings (SSSR count). The highest BCUT2D eigenvalue weighted by Gasteiger charge is 2.21. The van der Waals surface area contributed by atoms with E-state index in [0.29, 0.717) is 0 Å². The monoisotopic (exact) mass is 352 g/mol. The first-order valence-corrected chi connectivity index (χ1v) is 7.84. The number of hydrogen-bond donors (Lipinski definition) is 2. The molecule has 0 unspecified atom stereocenters. The fraction of sp³-hybridized carbons (Fsp3) is 0.0667. The second-order valence-electron chi connectivity index (χ2n) is 4.53. The molecule has 0 atom stereocenters. The summed E-state index contributed by atoms with van der Waals surface area (Å²) in [5.74, 6) is -2.61. The first kappa shape index (κ1) is 17.3. The van der Waals surface area contributed by atoms with Crippen molar-refractivity contribution >= 4 is 22.1 Å². The molecule has 126 valence electrons. The van der Waals surface area contributed by atoms with Gasteiger partial charge in [0.2, 0.25) is 0 Å². The van der Waals surface area contributed by atoms with Crippen molar-refractivity contribution in [3.8, 4) is 11.5 Å². The third-order valence-electron chi connectivity index (χ3n) is 3.00. The summed E-state index contributed by atoms with van der Waals surface area (Å²) in [7, 11) is -3.03. The molecule has 0 amide bonds. The molecule has 0 saturated heterocycles. The first-order valence-electron chi connectivity index (χ1n) is 6.44. The van der Waals surface area contributed by atoms with Crippen LogP contribution < -0.4 is 8.92 Å². The molecule has 0 bridgehead atoms.